The first kappa shape index (κ1) is 16.1. The second kappa shape index (κ2) is 7.14. The van der Waals surface area contributed by atoms with Crippen LogP contribution in [0.3, 0.4) is 0 Å². The molecule has 0 aliphatic carbocycles. The zero-order valence-corrected chi connectivity index (χ0v) is 13.4. The van der Waals surface area contributed by atoms with Crippen molar-refractivity contribution in [3.8, 4) is 0 Å². The molecular formula is C16H23ClN2O2. The van der Waals surface area contributed by atoms with Gasteiger partial charge in [-0.25, -0.2) is 4.79 Å². The Bertz CT molecular complexity index is 478. The van der Waals surface area contributed by atoms with Crippen molar-refractivity contribution in [3.05, 3.63) is 29.3 Å². The topological polar surface area (TPSA) is 50.4 Å². The fourth-order valence-electron chi connectivity index (χ4n) is 2.97. The quantitative estimate of drug-likeness (QED) is 0.821. The minimum atomic E-state index is -0.663. The summed E-state index contributed by atoms with van der Waals surface area (Å²) in [5, 5.41) is 7.48. The number of benzene rings is 1. The Hall–Kier alpha value is -1.26. The van der Waals surface area contributed by atoms with Crippen LogP contribution in [0.25, 0.3) is 0 Å². The Morgan fingerprint density at radius 3 is 2.76 bits per heavy atom. The molecule has 21 heavy (non-hydrogen) atoms. The van der Waals surface area contributed by atoms with Gasteiger partial charge in [-0.15, -0.1) is 0 Å². The number of anilines is 1. The van der Waals surface area contributed by atoms with Gasteiger partial charge in [0.15, 0.2) is 0 Å². The lowest BCUT2D eigenvalue weighted by Gasteiger charge is -2.43. The summed E-state index contributed by atoms with van der Waals surface area (Å²) < 4.78 is 5.36. The molecule has 0 saturated carbocycles. The predicted octanol–water partition coefficient (Wildman–Crippen LogP) is 3.07. The average Bonchev–Trinajstić information content (AvgIpc) is 2.50. The summed E-state index contributed by atoms with van der Waals surface area (Å²) in [4.78, 5) is 12.6. The van der Waals surface area contributed by atoms with Crippen LogP contribution in [-0.2, 0) is 9.53 Å². The van der Waals surface area contributed by atoms with Crippen molar-refractivity contribution in [2.75, 3.05) is 25.0 Å². The van der Waals surface area contributed by atoms with Crippen LogP contribution >= 0.6 is 11.6 Å². The molecule has 2 N–H and O–H groups in total. The molecular weight excluding hydrogens is 288 g/mol. The Morgan fingerprint density at radius 2 is 2.14 bits per heavy atom. The zero-order chi connectivity index (χ0) is 15.3. The Kier molecular flexibility index (Phi) is 5.48. The Balaban J connectivity index is 2.30. The third-order valence-corrected chi connectivity index (χ3v) is 4.38. The van der Waals surface area contributed by atoms with E-state index in [0.717, 1.165) is 25.2 Å². The maximum atomic E-state index is 12.6. The van der Waals surface area contributed by atoms with E-state index >= 15 is 0 Å². The van der Waals surface area contributed by atoms with Crippen LogP contribution in [-0.4, -0.2) is 31.2 Å². The summed E-state index contributed by atoms with van der Waals surface area (Å²) in [5.41, 5.74) is 0.233. The summed E-state index contributed by atoms with van der Waals surface area (Å²) in [6, 6.07) is 7.45. The molecule has 2 rings (SSSR count). The fraction of sp³-hybridized carbons (Fsp3) is 0.562. The molecule has 1 aliphatic rings. The summed E-state index contributed by atoms with van der Waals surface area (Å²) in [7, 11) is 0. The minimum absolute atomic E-state index is 0.159. The third kappa shape index (κ3) is 3.50. The molecule has 1 aromatic rings. The van der Waals surface area contributed by atoms with E-state index in [0.29, 0.717) is 18.1 Å². The van der Waals surface area contributed by atoms with Gasteiger partial charge in [0.05, 0.1) is 6.61 Å². The smallest absolute Gasteiger partial charge is 0.332 e. The molecule has 0 bridgehead atoms. The number of hydrogen-bond acceptors (Lipinski definition) is 4. The second-order valence-corrected chi connectivity index (χ2v) is 5.82. The van der Waals surface area contributed by atoms with Gasteiger partial charge in [0.2, 0.25) is 0 Å². The SMILES string of the molecule is CCOC(=O)C1(Nc2ccc(Cl)cc2)CCNCC1CC. The third-order valence-electron chi connectivity index (χ3n) is 4.13. The van der Waals surface area contributed by atoms with Gasteiger partial charge in [-0.1, -0.05) is 18.5 Å². The zero-order valence-electron chi connectivity index (χ0n) is 12.6. The van der Waals surface area contributed by atoms with Crippen molar-refractivity contribution in [2.24, 2.45) is 5.92 Å². The largest absolute Gasteiger partial charge is 0.464 e. The van der Waals surface area contributed by atoms with Gasteiger partial charge in [0, 0.05) is 23.2 Å². The normalized spacial score (nSPS) is 25.4. The van der Waals surface area contributed by atoms with Crippen molar-refractivity contribution in [1.82, 2.24) is 5.32 Å². The molecule has 1 heterocycles. The number of carbonyl (C=O) groups is 1. The van der Waals surface area contributed by atoms with E-state index in [1.54, 1.807) is 0 Å². The highest BCUT2D eigenvalue weighted by atomic mass is 35.5. The van der Waals surface area contributed by atoms with Gasteiger partial charge in [-0.05, 0) is 50.6 Å². The Morgan fingerprint density at radius 1 is 1.43 bits per heavy atom. The van der Waals surface area contributed by atoms with Gasteiger partial charge in [-0.2, -0.15) is 0 Å². The number of hydrogen-bond donors (Lipinski definition) is 2. The molecule has 2 unspecified atom stereocenters. The van der Waals surface area contributed by atoms with Crippen molar-refractivity contribution >= 4 is 23.3 Å². The lowest BCUT2D eigenvalue weighted by atomic mass is 9.76. The number of ether oxygens (including phenoxy) is 1. The molecule has 1 fully saturated rings. The van der Waals surface area contributed by atoms with E-state index in [2.05, 4.69) is 17.6 Å². The predicted molar refractivity (Wildman–Crippen MR) is 85.7 cm³/mol. The van der Waals surface area contributed by atoms with Crippen LogP contribution < -0.4 is 10.6 Å². The van der Waals surface area contributed by atoms with Gasteiger partial charge in [0.1, 0.15) is 5.54 Å². The minimum Gasteiger partial charge on any atom is -0.464 e. The van der Waals surface area contributed by atoms with Crippen LogP contribution in [0, 0.1) is 5.92 Å². The number of piperidine rings is 1. The lowest BCUT2D eigenvalue weighted by Crippen LogP contribution is -2.60. The number of carbonyl (C=O) groups excluding carboxylic acids is 1. The van der Waals surface area contributed by atoms with E-state index < -0.39 is 5.54 Å². The van der Waals surface area contributed by atoms with Gasteiger partial charge in [0.25, 0.3) is 0 Å². The van der Waals surface area contributed by atoms with Crippen molar-refractivity contribution in [3.63, 3.8) is 0 Å². The molecule has 1 aromatic carbocycles. The molecule has 116 valence electrons. The van der Waals surface area contributed by atoms with Gasteiger partial charge < -0.3 is 15.4 Å². The maximum absolute atomic E-state index is 12.6. The van der Waals surface area contributed by atoms with E-state index in [4.69, 9.17) is 16.3 Å². The molecule has 0 radical (unpaired) electrons. The highest BCUT2D eigenvalue weighted by Gasteiger charge is 2.47. The van der Waals surface area contributed by atoms with Crippen molar-refractivity contribution in [2.45, 2.75) is 32.2 Å². The standard InChI is InChI=1S/C16H23ClN2O2/c1-3-12-11-18-10-9-16(12,15(20)21-4-2)19-14-7-5-13(17)6-8-14/h5-8,12,18-19H,3-4,9-11H2,1-2H3. The number of halogens is 1. The maximum Gasteiger partial charge on any atom is 0.332 e. The van der Waals surface area contributed by atoms with Crippen molar-refractivity contribution < 1.29 is 9.53 Å². The summed E-state index contributed by atoms with van der Waals surface area (Å²) in [6.07, 6.45) is 1.62. The monoisotopic (exact) mass is 310 g/mol. The van der Waals surface area contributed by atoms with E-state index in [1.165, 1.54) is 0 Å². The first-order chi connectivity index (χ1) is 10.1. The first-order valence-electron chi connectivity index (χ1n) is 7.54. The van der Waals surface area contributed by atoms with Gasteiger partial charge >= 0.3 is 5.97 Å². The summed E-state index contributed by atoms with van der Waals surface area (Å²) in [5.74, 6) is 0.0364. The second-order valence-electron chi connectivity index (χ2n) is 5.38. The van der Waals surface area contributed by atoms with Crippen LogP contribution in [0.5, 0.6) is 0 Å². The number of rotatable bonds is 5. The van der Waals surface area contributed by atoms with E-state index in [9.17, 15) is 4.79 Å². The summed E-state index contributed by atoms with van der Waals surface area (Å²) >= 11 is 5.93. The number of nitrogens with one attached hydrogen (secondary N) is 2. The van der Waals surface area contributed by atoms with Crippen molar-refractivity contribution in [1.29, 1.82) is 0 Å². The van der Waals surface area contributed by atoms with Gasteiger partial charge in [-0.3, -0.25) is 0 Å². The highest BCUT2D eigenvalue weighted by molar-refractivity contribution is 6.30. The molecule has 0 aromatic heterocycles. The van der Waals surface area contributed by atoms with Crippen LogP contribution in [0.15, 0.2) is 24.3 Å². The summed E-state index contributed by atoms with van der Waals surface area (Å²) in [6.45, 7) is 5.96. The molecule has 2 atom stereocenters. The molecule has 4 nitrogen and oxygen atoms in total. The molecule has 1 aliphatic heterocycles. The highest BCUT2D eigenvalue weighted by Crippen LogP contribution is 2.33. The fourth-order valence-corrected chi connectivity index (χ4v) is 3.09. The molecule has 0 spiro atoms. The van der Waals surface area contributed by atoms with Crippen LogP contribution in [0.2, 0.25) is 5.02 Å². The van der Waals surface area contributed by atoms with Crippen LogP contribution in [0.4, 0.5) is 5.69 Å². The molecule has 5 heteroatoms. The Labute approximate surface area is 131 Å². The molecule has 0 amide bonds. The average molecular weight is 311 g/mol. The molecule has 1 saturated heterocycles. The van der Waals surface area contributed by atoms with E-state index in [1.807, 2.05) is 31.2 Å². The number of esters is 1. The first-order valence-corrected chi connectivity index (χ1v) is 7.92. The van der Waals surface area contributed by atoms with Crippen LogP contribution in [0.1, 0.15) is 26.7 Å². The lowest BCUT2D eigenvalue weighted by molar-refractivity contribution is -0.151. The van der Waals surface area contributed by atoms with E-state index in [-0.39, 0.29) is 11.9 Å².